The first-order valence-corrected chi connectivity index (χ1v) is 7.87. The fourth-order valence-corrected chi connectivity index (χ4v) is 3.97. The first kappa shape index (κ1) is 13.5. The van der Waals surface area contributed by atoms with Gasteiger partial charge >= 0.3 is 6.03 Å². The van der Waals surface area contributed by atoms with Gasteiger partial charge in [-0.1, -0.05) is 6.92 Å². The zero-order chi connectivity index (χ0) is 14.5. The molecule has 0 aromatic carbocycles. The van der Waals surface area contributed by atoms with Gasteiger partial charge in [0.05, 0.1) is 5.01 Å². The standard InChI is InChI=1S/C14H19N3O2S/c1-9(11-15-10(2)8-20-11)7-16-12(18)14(3)5-4-6-17(14)13(16)19/h8-9H,4-7H2,1-3H3/t9?,14-/m0/s1. The second-order valence-corrected chi connectivity index (χ2v) is 6.85. The van der Waals surface area contributed by atoms with Gasteiger partial charge in [0.25, 0.3) is 5.91 Å². The van der Waals surface area contributed by atoms with Crippen molar-refractivity contribution in [2.75, 3.05) is 13.1 Å². The Labute approximate surface area is 122 Å². The average Bonchev–Trinajstić information content (AvgIpc) is 3.04. The van der Waals surface area contributed by atoms with Crippen molar-refractivity contribution in [2.24, 2.45) is 0 Å². The van der Waals surface area contributed by atoms with Crippen LogP contribution in [-0.4, -0.2) is 45.4 Å². The summed E-state index contributed by atoms with van der Waals surface area (Å²) in [5, 5.41) is 2.99. The van der Waals surface area contributed by atoms with Crippen molar-refractivity contribution in [2.45, 2.75) is 45.1 Å². The molecule has 0 spiro atoms. The number of aryl methyl sites for hydroxylation is 1. The number of hydrogen-bond donors (Lipinski definition) is 0. The summed E-state index contributed by atoms with van der Waals surface area (Å²) in [4.78, 5) is 32.5. The molecule has 2 fully saturated rings. The molecule has 1 aromatic heterocycles. The third-order valence-corrected chi connectivity index (χ3v) is 5.52. The molecule has 3 rings (SSSR count). The van der Waals surface area contributed by atoms with Gasteiger partial charge in [-0.3, -0.25) is 9.69 Å². The van der Waals surface area contributed by atoms with Gasteiger partial charge in [0.1, 0.15) is 5.54 Å². The second kappa shape index (κ2) is 4.55. The van der Waals surface area contributed by atoms with E-state index in [1.54, 1.807) is 16.2 Å². The number of aromatic nitrogens is 1. The molecular weight excluding hydrogens is 274 g/mol. The molecule has 6 heteroatoms. The van der Waals surface area contributed by atoms with Crippen molar-refractivity contribution < 1.29 is 9.59 Å². The lowest BCUT2D eigenvalue weighted by Gasteiger charge is -2.22. The Hall–Kier alpha value is -1.43. The third-order valence-electron chi connectivity index (χ3n) is 4.32. The van der Waals surface area contributed by atoms with Crippen LogP contribution in [0.3, 0.4) is 0 Å². The smallest absolute Gasteiger partial charge is 0.310 e. The summed E-state index contributed by atoms with van der Waals surface area (Å²) < 4.78 is 0. The quantitative estimate of drug-likeness (QED) is 0.804. The highest BCUT2D eigenvalue weighted by atomic mass is 32.1. The summed E-state index contributed by atoms with van der Waals surface area (Å²) in [6.07, 6.45) is 1.70. The lowest BCUT2D eigenvalue weighted by molar-refractivity contribution is -0.132. The van der Waals surface area contributed by atoms with Gasteiger partial charge in [0, 0.05) is 30.1 Å². The van der Waals surface area contributed by atoms with Crippen molar-refractivity contribution in [3.05, 3.63) is 16.1 Å². The molecule has 3 amide bonds. The topological polar surface area (TPSA) is 53.5 Å². The number of carbonyl (C=O) groups excluding carboxylic acids is 2. The van der Waals surface area contributed by atoms with Crippen LogP contribution in [0.4, 0.5) is 4.79 Å². The van der Waals surface area contributed by atoms with Crippen LogP contribution in [0, 0.1) is 6.92 Å². The molecule has 0 saturated carbocycles. The molecule has 2 saturated heterocycles. The van der Waals surface area contributed by atoms with E-state index in [0.29, 0.717) is 13.1 Å². The summed E-state index contributed by atoms with van der Waals surface area (Å²) in [7, 11) is 0. The van der Waals surface area contributed by atoms with Crippen molar-refractivity contribution in [1.82, 2.24) is 14.8 Å². The number of imide groups is 1. The maximum absolute atomic E-state index is 12.5. The molecule has 5 nitrogen and oxygen atoms in total. The molecule has 0 radical (unpaired) electrons. The van der Waals surface area contributed by atoms with Gasteiger partial charge in [-0.2, -0.15) is 0 Å². The van der Waals surface area contributed by atoms with Crippen molar-refractivity contribution >= 4 is 23.3 Å². The lowest BCUT2D eigenvalue weighted by Crippen LogP contribution is -2.41. The highest BCUT2D eigenvalue weighted by Crippen LogP contribution is 2.38. The lowest BCUT2D eigenvalue weighted by atomic mass is 9.99. The van der Waals surface area contributed by atoms with Crippen LogP contribution >= 0.6 is 11.3 Å². The maximum Gasteiger partial charge on any atom is 0.327 e. The molecule has 2 aliphatic rings. The van der Waals surface area contributed by atoms with Crippen LogP contribution in [0.25, 0.3) is 0 Å². The first-order valence-electron chi connectivity index (χ1n) is 6.99. The van der Waals surface area contributed by atoms with Crippen LogP contribution in [-0.2, 0) is 4.79 Å². The highest BCUT2D eigenvalue weighted by Gasteiger charge is 2.56. The number of carbonyl (C=O) groups is 2. The van der Waals surface area contributed by atoms with E-state index in [1.807, 2.05) is 26.2 Å². The number of amides is 3. The number of nitrogens with zero attached hydrogens (tertiary/aromatic N) is 3. The summed E-state index contributed by atoms with van der Waals surface area (Å²) in [6.45, 7) is 6.98. The van der Waals surface area contributed by atoms with E-state index in [2.05, 4.69) is 4.98 Å². The molecule has 0 N–H and O–H groups in total. The van der Waals surface area contributed by atoms with E-state index >= 15 is 0 Å². The fourth-order valence-electron chi connectivity index (χ4n) is 3.13. The maximum atomic E-state index is 12.5. The molecule has 0 aliphatic carbocycles. The second-order valence-electron chi connectivity index (χ2n) is 5.96. The van der Waals surface area contributed by atoms with Crippen molar-refractivity contribution in [1.29, 1.82) is 0 Å². The molecule has 2 atom stereocenters. The molecular formula is C14H19N3O2S. The van der Waals surface area contributed by atoms with Gasteiger partial charge in [-0.25, -0.2) is 9.78 Å². The Balaban J connectivity index is 1.78. The van der Waals surface area contributed by atoms with Crippen LogP contribution < -0.4 is 0 Å². The summed E-state index contributed by atoms with van der Waals surface area (Å²) >= 11 is 1.59. The van der Waals surface area contributed by atoms with E-state index in [0.717, 1.165) is 23.5 Å². The first-order chi connectivity index (χ1) is 9.43. The number of fused-ring (bicyclic) bond motifs is 1. The van der Waals surface area contributed by atoms with Crippen molar-refractivity contribution in [3.63, 3.8) is 0 Å². The van der Waals surface area contributed by atoms with Crippen LogP contribution in [0.15, 0.2) is 5.38 Å². The predicted octanol–water partition coefficient (Wildman–Crippen LogP) is 2.37. The Bertz CT molecular complexity index is 571. The van der Waals surface area contributed by atoms with Crippen LogP contribution in [0.1, 0.15) is 43.3 Å². The number of thiazole rings is 1. The number of urea groups is 1. The zero-order valence-electron chi connectivity index (χ0n) is 12.0. The van der Waals surface area contributed by atoms with Crippen LogP contribution in [0.2, 0.25) is 0 Å². The summed E-state index contributed by atoms with van der Waals surface area (Å²) in [5.41, 5.74) is 0.388. The molecule has 3 heterocycles. The summed E-state index contributed by atoms with van der Waals surface area (Å²) in [5.74, 6) is 0.0466. The average molecular weight is 293 g/mol. The monoisotopic (exact) mass is 293 g/mol. The molecule has 1 unspecified atom stereocenters. The molecule has 1 aromatic rings. The SMILES string of the molecule is Cc1csc(C(C)CN2C(=O)N3CCC[C@@]3(C)C2=O)n1. The van der Waals surface area contributed by atoms with E-state index in [-0.39, 0.29) is 17.9 Å². The molecule has 20 heavy (non-hydrogen) atoms. The third kappa shape index (κ3) is 1.85. The normalized spacial score (nSPS) is 27.4. The van der Waals surface area contributed by atoms with Gasteiger partial charge in [-0.15, -0.1) is 11.3 Å². The summed E-state index contributed by atoms with van der Waals surface area (Å²) in [6, 6.07) is -0.130. The van der Waals surface area contributed by atoms with Gasteiger partial charge < -0.3 is 4.90 Å². The Morgan fingerprint density at radius 3 is 2.85 bits per heavy atom. The molecule has 0 bridgehead atoms. The predicted molar refractivity (Wildman–Crippen MR) is 76.7 cm³/mol. The van der Waals surface area contributed by atoms with Gasteiger partial charge in [-0.05, 0) is 26.7 Å². The van der Waals surface area contributed by atoms with Gasteiger partial charge in [0.15, 0.2) is 0 Å². The largest absolute Gasteiger partial charge is 0.327 e. The Morgan fingerprint density at radius 1 is 1.50 bits per heavy atom. The molecule has 108 valence electrons. The minimum absolute atomic E-state index is 0.0415. The van der Waals surface area contributed by atoms with Gasteiger partial charge in [0.2, 0.25) is 0 Å². The Kier molecular flexibility index (Phi) is 3.08. The minimum Gasteiger partial charge on any atom is -0.310 e. The fraction of sp³-hybridized carbons (Fsp3) is 0.643. The zero-order valence-corrected chi connectivity index (χ0v) is 12.9. The minimum atomic E-state index is -0.602. The molecule has 2 aliphatic heterocycles. The van der Waals surface area contributed by atoms with Crippen LogP contribution in [0.5, 0.6) is 0 Å². The Morgan fingerprint density at radius 2 is 2.25 bits per heavy atom. The number of rotatable bonds is 3. The van der Waals surface area contributed by atoms with E-state index < -0.39 is 5.54 Å². The van der Waals surface area contributed by atoms with E-state index in [9.17, 15) is 9.59 Å². The van der Waals surface area contributed by atoms with E-state index in [1.165, 1.54) is 4.90 Å². The van der Waals surface area contributed by atoms with Crippen molar-refractivity contribution in [3.8, 4) is 0 Å². The van der Waals surface area contributed by atoms with E-state index in [4.69, 9.17) is 0 Å². The number of hydrogen-bond acceptors (Lipinski definition) is 4. The highest BCUT2D eigenvalue weighted by molar-refractivity contribution is 7.09.